The minimum Gasteiger partial charge on any atom is -0.468 e. The quantitative estimate of drug-likeness (QED) is 0.565. The van der Waals surface area contributed by atoms with Crippen LogP contribution in [-0.2, 0) is 9.53 Å². The van der Waals surface area contributed by atoms with E-state index in [-0.39, 0.29) is 12.0 Å². The number of nitrogens with zero attached hydrogens (tertiary/aromatic N) is 1. The molecule has 0 rings (SSSR count). The zero-order valence-electron chi connectivity index (χ0n) is 11.3. The van der Waals surface area contributed by atoms with Crippen LogP contribution in [0.2, 0.25) is 39.3 Å². The molecule has 90 valence electrons. The van der Waals surface area contributed by atoms with Gasteiger partial charge in [-0.1, -0.05) is 39.3 Å². The monoisotopic (exact) mass is 247 g/mol. The van der Waals surface area contributed by atoms with Crippen LogP contribution in [0.15, 0.2) is 0 Å². The molecule has 5 heteroatoms. The normalized spacial score (nSPS) is 15.3. The number of hydrogen-bond donors (Lipinski definition) is 0. The zero-order chi connectivity index (χ0) is 12.4. The van der Waals surface area contributed by atoms with E-state index in [1.54, 1.807) is 0 Å². The summed E-state index contributed by atoms with van der Waals surface area (Å²) in [5.74, 6) is -0.111. The SMILES string of the molecule is COC(=O)[C@H](C)N([Si](C)(C)C)[Si](C)(C)C. The van der Waals surface area contributed by atoms with E-state index < -0.39 is 16.5 Å². The Kier molecular flexibility index (Phi) is 4.76. The highest BCUT2D eigenvalue weighted by Gasteiger charge is 2.40. The van der Waals surface area contributed by atoms with Gasteiger partial charge in [-0.2, -0.15) is 0 Å². The predicted molar refractivity (Wildman–Crippen MR) is 70.0 cm³/mol. The Balaban J connectivity index is 5.06. The molecule has 0 radical (unpaired) electrons. The van der Waals surface area contributed by atoms with E-state index in [1.807, 2.05) is 6.92 Å². The lowest BCUT2D eigenvalue weighted by atomic mass is 10.4. The third-order valence-electron chi connectivity index (χ3n) is 2.38. The molecule has 0 aromatic rings. The minimum absolute atomic E-state index is 0.103. The molecule has 0 unspecified atom stereocenters. The largest absolute Gasteiger partial charge is 0.468 e. The fraction of sp³-hybridized carbons (Fsp3) is 0.900. The first kappa shape index (κ1) is 14.9. The smallest absolute Gasteiger partial charge is 0.321 e. The Morgan fingerprint density at radius 3 is 1.60 bits per heavy atom. The van der Waals surface area contributed by atoms with Crippen molar-refractivity contribution in [2.24, 2.45) is 0 Å². The lowest BCUT2D eigenvalue weighted by molar-refractivity contribution is -0.143. The number of carbonyl (C=O) groups excluding carboxylic acids is 1. The van der Waals surface area contributed by atoms with Gasteiger partial charge in [-0.25, -0.2) is 0 Å². The molecule has 0 fully saturated rings. The lowest BCUT2D eigenvalue weighted by Crippen LogP contribution is -2.64. The molecule has 0 aromatic carbocycles. The molecule has 0 bridgehead atoms. The fourth-order valence-electron chi connectivity index (χ4n) is 2.44. The maximum absolute atomic E-state index is 11.6. The van der Waals surface area contributed by atoms with Crippen molar-refractivity contribution in [3.05, 3.63) is 0 Å². The van der Waals surface area contributed by atoms with Gasteiger partial charge in [0.05, 0.1) is 13.2 Å². The minimum atomic E-state index is -1.47. The summed E-state index contributed by atoms with van der Waals surface area (Å²) in [5, 5.41) is 0. The maximum atomic E-state index is 11.6. The Morgan fingerprint density at radius 1 is 1.07 bits per heavy atom. The molecule has 0 aliphatic carbocycles. The van der Waals surface area contributed by atoms with Gasteiger partial charge in [0.1, 0.15) is 16.5 Å². The van der Waals surface area contributed by atoms with E-state index in [2.05, 4.69) is 43.5 Å². The van der Waals surface area contributed by atoms with Crippen LogP contribution in [0.4, 0.5) is 0 Å². The van der Waals surface area contributed by atoms with E-state index in [9.17, 15) is 4.79 Å². The standard InChI is InChI=1S/C10H25NO2Si2/c1-9(10(12)13-2)11(14(3,4)5)15(6,7)8/h9H,1-8H3/t9-/m0/s1. The maximum Gasteiger partial charge on any atom is 0.321 e. The van der Waals surface area contributed by atoms with Gasteiger partial charge < -0.3 is 8.97 Å². The van der Waals surface area contributed by atoms with Crippen molar-refractivity contribution in [3.63, 3.8) is 0 Å². The molecule has 0 aliphatic rings. The van der Waals surface area contributed by atoms with Gasteiger partial charge >= 0.3 is 5.97 Å². The molecule has 1 atom stereocenters. The van der Waals surface area contributed by atoms with E-state index in [4.69, 9.17) is 4.74 Å². The first-order chi connectivity index (χ1) is 6.51. The van der Waals surface area contributed by atoms with Crippen molar-refractivity contribution < 1.29 is 9.53 Å². The van der Waals surface area contributed by atoms with Crippen LogP contribution in [0.5, 0.6) is 0 Å². The van der Waals surface area contributed by atoms with Crippen molar-refractivity contribution in [2.45, 2.75) is 52.2 Å². The molecular formula is C10H25NO2Si2. The Bertz CT molecular complexity index is 217. The molecule has 0 N–H and O–H groups in total. The fourth-order valence-corrected chi connectivity index (χ4v) is 13.0. The summed E-state index contributed by atoms with van der Waals surface area (Å²) in [7, 11) is -1.48. The van der Waals surface area contributed by atoms with Crippen molar-refractivity contribution >= 4 is 22.4 Å². The average Bonchev–Trinajstić information content (AvgIpc) is 1.97. The van der Waals surface area contributed by atoms with Gasteiger partial charge in [-0.15, -0.1) is 0 Å². The second-order valence-corrected chi connectivity index (χ2v) is 16.0. The van der Waals surface area contributed by atoms with Gasteiger partial charge in [0.15, 0.2) is 0 Å². The number of carbonyl (C=O) groups is 1. The van der Waals surface area contributed by atoms with Crippen LogP contribution in [-0.4, -0.2) is 39.8 Å². The van der Waals surface area contributed by atoms with Crippen LogP contribution < -0.4 is 0 Å². The third kappa shape index (κ3) is 4.08. The average molecular weight is 247 g/mol. The first-order valence-electron chi connectivity index (χ1n) is 5.39. The van der Waals surface area contributed by atoms with Gasteiger partial charge in [0.25, 0.3) is 0 Å². The summed E-state index contributed by atoms with van der Waals surface area (Å²) < 4.78 is 7.30. The highest BCUT2D eigenvalue weighted by atomic mass is 28.4. The first-order valence-corrected chi connectivity index (χ1v) is 12.3. The topological polar surface area (TPSA) is 29.5 Å². The van der Waals surface area contributed by atoms with Crippen LogP contribution in [0, 0.1) is 0 Å². The number of rotatable bonds is 4. The highest BCUT2D eigenvalue weighted by Crippen LogP contribution is 2.23. The van der Waals surface area contributed by atoms with E-state index >= 15 is 0 Å². The van der Waals surface area contributed by atoms with Crippen molar-refractivity contribution in [1.29, 1.82) is 0 Å². The van der Waals surface area contributed by atoms with Crippen molar-refractivity contribution in [3.8, 4) is 0 Å². The molecule has 0 heterocycles. The molecule has 0 amide bonds. The highest BCUT2D eigenvalue weighted by molar-refractivity contribution is 6.89. The summed E-state index contributed by atoms with van der Waals surface area (Å²) in [6, 6.07) is -0.103. The van der Waals surface area contributed by atoms with Crippen LogP contribution in [0.25, 0.3) is 0 Å². The second kappa shape index (κ2) is 4.80. The number of hydrogen-bond acceptors (Lipinski definition) is 3. The summed E-state index contributed by atoms with van der Waals surface area (Å²) in [5.41, 5.74) is 0. The van der Waals surface area contributed by atoms with Crippen LogP contribution >= 0.6 is 0 Å². The number of ether oxygens (including phenoxy) is 1. The second-order valence-electron chi connectivity index (χ2n) is 5.91. The molecule has 0 aromatic heterocycles. The van der Waals surface area contributed by atoms with Gasteiger partial charge in [0.2, 0.25) is 0 Å². The molecule has 0 saturated carbocycles. The predicted octanol–water partition coefficient (Wildman–Crippen LogP) is 2.52. The third-order valence-corrected chi connectivity index (χ3v) is 10.1. The van der Waals surface area contributed by atoms with Gasteiger partial charge in [-0.05, 0) is 6.92 Å². The zero-order valence-corrected chi connectivity index (χ0v) is 13.3. The van der Waals surface area contributed by atoms with Crippen molar-refractivity contribution in [2.75, 3.05) is 7.11 Å². The molecule has 0 spiro atoms. The summed E-state index contributed by atoms with van der Waals surface area (Å²) in [6.07, 6.45) is 0. The Hall–Kier alpha value is -0.136. The van der Waals surface area contributed by atoms with Crippen LogP contribution in [0.1, 0.15) is 6.92 Å². The van der Waals surface area contributed by atoms with Crippen molar-refractivity contribution in [1.82, 2.24) is 4.23 Å². The molecular weight excluding hydrogens is 222 g/mol. The van der Waals surface area contributed by atoms with E-state index in [0.29, 0.717) is 0 Å². The Morgan fingerprint density at radius 2 is 1.40 bits per heavy atom. The molecule has 3 nitrogen and oxygen atoms in total. The van der Waals surface area contributed by atoms with E-state index in [1.165, 1.54) is 7.11 Å². The van der Waals surface area contributed by atoms with Crippen LogP contribution in [0.3, 0.4) is 0 Å². The summed E-state index contributed by atoms with van der Waals surface area (Å²) >= 11 is 0. The van der Waals surface area contributed by atoms with E-state index in [0.717, 1.165) is 0 Å². The molecule has 0 saturated heterocycles. The number of methoxy groups -OCH3 is 1. The summed E-state index contributed by atoms with van der Waals surface area (Å²) in [4.78, 5) is 11.6. The molecule has 15 heavy (non-hydrogen) atoms. The van der Waals surface area contributed by atoms with Gasteiger partial charge in [-0.3, -0.25) is 4.79 Å². The molecule has 0 aliphatic heterocycles. The number of esters is 1. The lowest BCUT2D eigenvalue weighted by Gasteiger charge is -2.46. The Labute approximate surface area is 96.0 Å². The van der Waals surface area contributed by atoms with Gasteiger partial charge in [0, 0.05) is 0 Å². The summed E-state index contributed by atoms with van der Waals surface area (Å²) in [6.45, 7) is 15.7.